The molecule has 2 heterocycles. The minimum absolute atomic E-state index is 0.00250. The van der Waals surface area contributed by atoms with E-state index in [1.807, 2.05) is 25.8 Å². The van der Waals surface area contributed by atoms with Gasteiger partial charge >= 0.3 is 0 Å². The van der Waals surface area contributed by atoms with E-state index in [1.165, 1.54) is 0 Å². The maximum absolute atomic E-state index is 13.3. The van der Waals surface area contributed by atoms with Gasteiger partial charge in [-0.2, -0.15) is 0 Å². The number of carbonyl (C=O) groups is 1. The summed E-state index contributed by atoms with van der Waals surface area (Å²) in [6.07, 6.45) is 2.89. The van der Waals surface area contributed by atoms with Gasteiger partial charge in [0.05, 0.1) is 11.8 Å². The Kier molecular flexibility index (Phi) is 5.29. The Balaban J connectivity index is 1.33. The molecule has 6 nitrogen and oxygen atoms in total. The number of carbonyl (C=O) groups excluding carboxylic acids is 1. The van der Waals surface area contributed by atoms with Crippen molar-refractivity contribution in [3.63, 3.8) is 0 Å². The first-order valence-electron chi connectivity index (χ1n) is 9.95. The topological polar surface area (TPSA) is 67.4 Å². The van der Waals surface area contributed by atoms with E-state index in [1.54, 1.807) is 0 Å². The molecular weight excluding hydrogens is 397 g/mol. The van der Waals surface area contributed by atoms with Gasteiger partial charge in [-0.3, -0.25) is 4.79 Å². The molecule has 1 aromatic heterocycles. The van der Waals surface area contributed by atoms with Crippen molar-refractivity contribution in [1.29, 1.82) is 0 Å². The summed E-state index contributed by atoms with van der Waals surface area (Å²) in [5, 5.41) is 2.86. The number of rotatable bonds is 5. The van der Waals surface area contributed by atoms with Crippen molar-refractivity contribution in [2.24, 2.45) is 5.92 Å². The van der Waals surface area contributed by atoms with Gasteiger partial charge in [0.1, 0.15) is 23.3 Å². The van der Waals surface area contributed by atoms with Gasteiger partial charge in [-0.05, 0) is 39.0 Å². The van der Waals surface area contributed by atoms with Crippen LogP contribution in [0, 0.1) is 30.3 Å². The number of hydrogen-bond acceptors (Lipinski definition) is 5. The van der Waals surface area contributed by atoms with Crippen molar-refractivity contribution in [2.75, 3.05) is 17.3 Å². The third kappa shape index (κ3) is 3.80. The van der Waals surface area contributed by atoms with Crippen molar-refractivity contribution in [3.8, 4) is 5.75 Å². The summed E-state index contributed by atoms with van der Waals surface area (Å²) >= 11 is 0. The predicted octanol–water partition coefficient (Wildman–Crippen LogP) is 3.77. The lowest BCUT2D eigenvalue weighted by Crippen LogP contribution is -2.45. The Morgan fingerprint density at radius 1 is 1.20 bits per heavy atom. The fourth-order valence-corrected chi connectivity index (χ4v) is 3.85. The van der Waals surface area contributed by atoms with Crippen molar-refractivity contribution in [2.45, 2.75) is 51.7 Å². The molecule has 2 aromatic rings. The molecule has 0 spiro atoms. The molecule has 1 saturated carbocycles. The van der Waals surface area contributed by atoms with Gasteiger partial charge in [0.15, 0.2) is 23.3 Å². The van der Waals surface area contributed by atoms with Crippen molar-refractivity contribution in [3.05, 3.63) is 41.1 Å². The summed E-state index contributed by atoms with van der Waals surface area (Å²) in [5.74, 6) is -2.25. The Morgan fingerprint density at radius 3 is 2.53 bits per heavy atom. The SMILES string of the molecule is Cc1nc(CCC2CC(Oc3cc(F)c(F)c(F)c3)C2)nc2c1NC(=O)[C@H](C)N2C. The molecule has 30 heavy (non-hydrogen) atoms. The number of benzene rings is 1. The zero-order valence-electron chi connectivity index (χ0n) is 17.0. The fourth-order valence-electron chi connectivity index (χ4n) is 3.85. The summed E-state index contributed by atoms with van der Waals surface area (Å²) < 4.78 is 45.2. The van der Waals surface area contributed by atoms with E-state index >= 15 is 0 Å². The third-order valence-electron chi connectivity index (χ3n) is 5.89. The second kappa shape index (κ2) is 7.77. The number of nitrogens with one attached hydrogen (secondary N) is 1. The van der Waals surface area contributed by atoms with Crippen LogP contribution in [0.3, 0.4) is 0 Å². The third-order valence-corrected chi connectivity index (χ3v) is 5.89. The van der Waals surface area contributed by atoms with Crippen LogP contribution in [-0.2, 0) is 11.2 Å². The standard InChI is InChI=1S/C21H23F3N4O2/c1-10-19-20(28(3)11(2)21(29)27-19)26-17(25-10)5-4-12-6-13(7-12)30-14-8-15(22)18(24)16(23)9-14/h8-9,11-13H,4-7H2,1-3H3,(H,27,29)/t11-,12?,13?/m0/s1. The highest BCUT2D eigenvalue weighted by Crippen LogP contribution is 2.36. The quantitative estimate of drug-likeness (QED) is 0.746. The van der Waals surface area contributed by atoms with E-state index in [9.17, 15) is 18.0 Å². The van der Waals surface area contributed by atoms with E-state index in [-0.39, 0.29) is 23.8 Å². The average Bonchev–Trinajstić information content (AvgIpc) is 2.67. The molecule has 4 rings (SSSR count). The first kappa shape index (κ1) is 20.4. The molecule has 1 amide bonds. The number of aromatic nitrogens is 2. The van der Waals surface area contributed by atoms with E-state index in [2.05, 4.69) is 15.3 Å². The van der Waals surface area contributed by atoms with Gasteiger partial charge in [-0.15, -0.1) is 0 Å². The monoisotopic (exact) mass is 420 g/mol. The molecule has 1 atom stereocenters. The van der Waals surface area contributed by atoms with Crippen LogP contribution in [0.4, 0.5) is 24.7 Å². The zero-order chi connectivity index (χ0) is 21.6. The molecule has 1 aliphatic carbocycles. The number of ether oxygens (including phenoxy) is 1. The normalized spacial score (nSPS) is 22.9. The maximum Gasteiger partial charge on any atom is 0.246 e. The molecule has 0 saturated heterocycles. The zero-order valence-corrected chi connectivity index (χ0v) is 17.0. The summed E-state index contributed by atoms with van der Waals surface area (Å²) in [4.78, 5) is 23.0. The summed E-state index contributed by atoms with van der Waals surface area (Å²) in [5.41, 5.74) is 1.39. The van der Waals surface area contributed by atoms with E-state index in [0.29, 0.717) is 23.9 Å². The summed E-state index contributed by atoms with van der Waals surface area (Å²) in [6, 6.07) is 1.43. The highest BCUT2D eigenvalue weighted by Gasteiger charge is 2.32. The number of nitrogens with zero attached hydrogens (tertiary/aromatic N) is 3. The maximum atomic E-state index is 13.3. The molecule has 0 bridgehead atoms. The Morgan fingerprint density at radius 2 is 1.87 bits per heavy atom. The van der Waals surface area contributed by atoms with Crippen LogP contribution in [0.15, 0.2) is 12.1 Å². The molecular formula is C21H23F3N4O2. The molecule has 9 heteroatoms. The molecule has 1 N–H and O–H groups in total. The number of anilines is 2. The van der Waals surface area contributed by atoms with Crippen LogP contribution in [0.1, 0.15) is 37.7 Å². The predicted molar refractivity (Wildman–Crippen MR) is 105 cm³/mol. The molecule has 1 aromatic carbocycles. The molecule has 0 unspecified atom stereocenters. The average molecular weight is 420 g/mol. The number of amides is 1. The molecule has 160 valence electrons. The summed E-state index contributed by atoms with van der Waals surface area (Å²) in [6.45, 7) is 3.67. The number of halogens is 3. The van der Waals surface area contributed by atoms with Crippen molar-refractivity contribution >= 4 is 17.4 Å². The molecule has 1 aliphatic heterocycles. The highest BCUT2D eigenvalue weighted by atomic mass is 19.2. The molecule has 1 fully saturated rings. The van der Waals surface area contributed by atoms with Gasteiger partial charge in [0, 0.05) is 25.6 Å². The van der Waals surface area contributed by atoms with Gasteiger partial charge in [-0.25, -0.2) is 23.1 Å². The van der Waals surface area contributed by atoms with E-state index in [0.717, 1.165) is 42.9 Å². The number of hydrogen-bond donors (Lipinski definition) is 1. The first-order valence-corrected chi connectivity index (χ1v) is 9.95. The minimum atomic E-state index is -1.49. The van der Waals surface area contributed by atoms with E-state index < -0.39 is 17.5 Å². The van der Waals surface area contributed by atoms with Crippen molar-refractivity contribution in [1.82, 2.24) is 9.97 Å². The lowest BCUT2D eigenvalue weighted by molar-refractivity contribution is -0.117. The van der Waals surface area contributed by atoms with Crippen LogP contribution in [0.5, 0.6) is 5.75 Å². The fraction of sp³-hybridized carbons (Fsp3) is 0.476. The Hall–Kier alpha value is -2.84. The van der Waals surface area contributed by atoms with Crippen LogP contribution in [0.25, 0.3) is 0 Å². The van der Waals surface area contributed by atoms with Crippen LogP contribution in [0.2, 0.25) is 0 Å². The second-order valence-corrected chi connectivity index (χ2v) is 8.02. The van der Waals surface area contributed by atoms with Crippen LogP contribution >= 0.6 is 0 Å². The van der Waals surface area contributed by atoms with Gasteiger partial charge in [0.25, 0.3) is 0 Å². The largest absolute Gasteiger partial charge is 0.490 e. The molecule has 2 aliphatic rings. The van der Waals surface area contributed by atoms with Gasteiger partial charge < -0.3 is 15.0 Å². The lowest BCUT2D eigenvalue weighted by Gasteiger charge is -2.35. The van der Waals surface area contributed by atoms with Crippen molar-refractivity contribution < 1.29 is 22.7 Å². The van der Waals surface area contributed by atoms with Gasteiger partial charge in [-0.1, -0.05) is 0 Å². The summed E-state index contributed by atoms with van der Waals surface area (Å²) in [7, 11) is 1.84. The number of aryl methyl sites for hydroxylation is 2. The minimum Gasteiger partial charge on any atom is -0.490 e. The Bertz CT molecular complexity index is 971. The number of likely N-dealkylation sites (N-methyl/N-ethyl adjacent to an activating group) is 1. The Labute approximate surface area is 172 Å². The second-order valence-electron chi connectivity index (χ2n) is 8.02. The van der Waals surface area contributed by atoms with Gasteiger partial charge in [0.2, 0.25) is 5.91 Å². The first-order chi connectivity index (χ1) is 14.2. The van der Waals surface area contributed by atoms with Crippen LogP contribution < -0.4 is 15.0 Å². The molecule has 0 radical (unpaired) electrons. The smallest absolute Gasteiger partial charge is 0.246 e. The van der Waals surface area contributed by atoms with Crippen LogP contribution in [-0.4, -0.2) is 35.1 Å². The highest BCUT2D eigenvalue weighted by molar-refractivity contribution is 6.02. The lowest BCUT2D eigenvalue weighted by atomic mass is 9.79. The van der Waals surface area contributed by atoms with E-state index in [4.69, 9.17) is 4.74 Å². The number of fused-ring (bicyclic) bond motifs is 1.